The van der Waals surface area contributed by atoms with Gasteiger partial charge in [-0.3, -0.25) is 4.79 Å². The first-order valence-corrected chi connectivity index (χ1v) is 5.55. The number of nitrogens with zero attached hydrogens (tertiary/aromatic N) is 1. The molecule has 3 nitrogen and oxygen atoms in total. The lowest BCUT2D eigenvalue weighted by Gasteiger charge is -2.47. The second-order valence-electron chi connectivity index (χ2n) is 4.68. The number of carbonyl (C=O) groups excluding carboxylic acids is 1. The topological polar surface area (TPSA) is 40.5 Å². The molecule has 0 aromatic carbocycles. The molecule has 0 aromatic heterocycles. The number of alkyl halides is 6. The van der Waals surface area contributed by atoms with E-state index in [1.54, 1.807) is 6.92 Å². The van der Waals surface area contributed by atoms with E-state index in [9.17, 15) is 36.2 Å². The summed E-state index contributed by atoms with van der Waals surface area (Å²) < 4.78 is 73.8. The number of halogens is 6. The molecule has 1 fully saturated rings. The molecule has 1 N–H and O–H groups in total. The van der Waals surface area contributed by atoms with Crippen molar-refractivity contribution in [1.82, 2.24) is 4.90 Å². The van der Waals surface area contributed by atoms with Crippen molar-refractivity contribution in [2.45, 2.75) is 37.7 Å². The van der Waals surface area contributed by atoms with Gasteiger partial charge in [-0.2, -0.15) is 26.3 Å². The number of amides is 1. The molecule has 0 spiro atoms. The van der Waals surface area contributed by atoms with Crippen LogP contribution in [0.25, 0.3) is 0 Å². The van der Waals surface area contributed by atoms with Crippen LogP contribution in [-0.4, -0.2) is 47.0 Å². The molecule has 0 unspecified atom stereocenters. The summed E-state index contributed by atoms with van der Waals surface area (Å²) >= 11 is 0. The number of β-amino-alcohol motifs (C(OH)–C–C–N with tert-alkyl or cyclic N) is 1. The van der Waals surface area contributed by atoms with Gasteiger partial charge in [-0.15, -0.1) is 0 Å². The molecular weight excluding hydrogens is 280 g/mol. The number of hydrogen-bond acceptors (Lipinski definition) is 2. The van der Waals surface area contributed by atoms with Gasteiger partial charge in [-0.25, -0.2) is 0 Å². The Balaban J connectivity index is 2.77. The number of rotatable bonds is 3. The minimum atomic E-state index is -5.69. The average molecular weight is 293 g/mol. The van der Waals surface area contributed by atoms with E-state index in [1.807, 2.05) is 0 Å². The van der Waals surface area contributed by atoms with E-state index in [4.69, 9.17) is 0 Å². The van der Waals surface area contributed by atoms with Crippen LogP contribution in [0, 0.1) is 5.92 Å². The van der Waals surface area contributed by atoms with Crippen LogP contribution in [0.15, 0.2) is 0 Å². The van der Waals surface area contributed by atoms with Crippen molar-refractivity contribution in [3.63, 3.8) is 0 Å². The van der Waals surface area contributed by atoms with Crippen LogP contribution < -0.4 is 0 Å². The molecule has 19 heavy (non-hydrogen) atoms. The van der Waals surface area contributed by atoms with Crippen molar-refractivity contribution in [2.24, 2.45) is 5.92 Å². The van der Waals surface area contributed by atoms with Crippen molar-refractivity contribution in [2.75, 3.05) is 13.1 Å². The molecule has 1 aliphatic heterocycles. The van der Waals surface area contributed by atoms with E-state index in [0.717, 1.165) is 0 Å². The molecule has 0 aliphatic carbocycles. The Labute approximate surface area is 105 Å². The second kappa shape index (κ2) is 4.84. The maximum absolute atomic E-state index is 12.3. The standard InChI is InChI=1S/C10H13F6NO2/c1-2-3-8(19)4-17(5-8)7(18)6(9(11,12)13)10(14,15)16/h6,19H,2-5H2,1H3. The fourth-order valence-electron chi connectivity index (χ4n) is 2.09. The van der Waals surface area contributed by atoms with E-state index in [2.05, 4.69) is 0 Å². The first-order chi connectivity index (χ1) is 8.41. The molecule has 0 atom stereocenters. The monoisotopic (exact) mass is 293 g/mol. The van der Waals surface area contributed by atoms with Crippen molar-refractivity contribution in [1.29, 1.82) is 0 Å². The molecule has 1 saturated heterocycles. The van der Waals surface area contributed by atoms with Crippen LogP contribution in [0.2, 0.25) is 0 Å². The molecule has 0 radical (unpaired) electrons. The van der Waals surface area contributed by atoms with Crippen LogP contribution in [0.1, 0.15) is 19.8 Å². The number of aliphatic hydroxyl groups is 1. The summed E-state index contributed by atoms with van der Waals surface area (Å²) in [6, 6.07) is 0. The molecular formula is C10H13F6NO2. The van der Waals surface area contributed by atoms with Gasteiger partial charge in [0, 0.05) is 0 Å². The van der Waals surface area contributed by atoms with Gasteiger partial charge in [0.15, 0.2) is 0 Å². The van der Waals surface area contributed by atoms with Gasteiger partial charge < -0.3 is 10.0 Å². The summed E-state index contributed by atoms with van der Waals surface area (Å²) in [5.74, 6) is -6.08. The van der Waals surface area contributed by atoms with Crippen LogP contribution in [-0.2, 0) is 4.79 Å². The van der Waals surface area contributed by atoms with Gasteiger partial charge in [-0.1, -0.05) is 13.3 Å². The van der Waals surface area contributed by atoms with Crippen molar-refractivity contribution in [3.05, 3.63) is 0 Å². The summed E-state index contributed by atoms with van der Waals surface area (Å²) in [6.07, 6.45) is -10.6. The number of hydrogen-bond donors (Lipinski definition) is 1. The average Bonchev–Trinajstić information content (AvgIpc) is 2.08. The smallest absolute Gasteiger partial charge is 0.386 e. The lowest BCUT2D eigenvalue weighted by molar-refractivity contribution is -0.281. The third-order valence-electron chi connectivity index (χ3n) is 2.90. The van der Waals surface area contributed by atoms with Crippen LogP contribution in [0.4, 0.5) is 26.3 Å². The summed E-state index contributed by atoms with van der Waals surface area (Å²) in [5.41, 5.74) is -1.37. The summed E-state index contributed by atoms with van der Waals surface area (Å²) in [7, 11) is 0. The fourth-order valence-corrected chi connectivity index (χ4v) is 2.09. The van der Waals surface area contributed by atoms with Crippen LogP contribution in [0.3, 0.4) is 0 Å². The first kappa shape index (κ1) is 16.1. The van der Waals surface area contributed by atoms with Crippen LogP contribution in [0.5, 0.6) is 0 Å². The van der Waals surface area contributed by atoms with Crippen LogP contribution >= 0.6 is 0 Å². The maximum atomic E-state index is 12.3. The zero-order valence-corrected chi connectivity index (χ0v) is 9.98. The fraction of sp³-hybridized carbons (Fsp3) is 0.900. The quantitative estimate of drug-likeness (QED) is 0.810. The lowest BCUT2D eigenvalue weighted by Crippen LogP contribution is -2.66. The Hall–Kier alpha value is -0.990. The van der Waals surface area contributed by atoms with E-state index in [-0.39, 0.29) is 6.42 Å². The maximum Gasteiger partial charge on any atom is 0.409 e. The number of carbonyl (C=O) groups is 1. The SMILES string of the molecule is CCCC1(O)CN(C(=O)C(C(F)(F)F)C(F)(F)F)C1. The van der Waals surface area contributed by atoms with E-state index in [0.29, 0.717) is 11.3 Å². The zero-order chi connectivity index (χ0) is 15.1. The second-order valence-corrected chi connectivity index (χ2v) is 4.68. The summed E-state index contributed by atoms with van der Waals surface area (Å²) in [5, 5.41) is 9.66. The molecule has 0 bridgehead atoms. The largest absolute Gasteiger partial charge is 0.409 e. The Bertz CT molecular complexity index is 331. The molecule has 9 heteroatoms. The number of likely N-dealkylation sites (tertiary alicyclic amines) is 1. The van der Waals surface area contributed by atoms with Gasteiger partial charge in [-0.05, 0) is 6.42 Å². The molecule has 0 saturated carbocycles. The van der Waals surface area contributed by atoms with Gasteiger partial charge >= 0.3 is 12.4 Å². The highest BCUT2D eigenvalue weighted by Gasteiger charge is 2.63. The Morgan fingerprint density at radius 1 is 1.21 bits per heavy atom. The third-order valence-corrected chi connectivity index (χ3v) is 2.90. The summed E-state index contributed by atoms with van der Waals surface area (Å²) in [4.78, 5) is 11.7. The normalized spacial score (nSPS) is 19.5. The predicted octanol–water partition coefficient (Wildman–Crippen LogP) is 2.10. The zero-order valence-electron chi connectivity index (χ0n) is 9.98. The highest BCUT2D eigenvalue weighted by Crippen LogP contribution is 2.42. The van der Waals surface area contributed by atoms with Crippen molar-refractivity contribution >= 4 is 5.91 Å². The van der Waals surface area contributed by atoms with E-state index < -0.39 is 42.9 Å². The Morgan fingerprint density at radius 3 is 1.95 bits per heavy atom. The molecule has 1 rings (SSSR count). The molecule has 1 heterocycles. The van der Waals surface area contributed by atoms with Gasteiger partial charge in [0.2, 0.25) is 11.8 Å². The van der Waals surface area contributed by atoms with E-state index in [1.165, 1.54) is 0 Å². The minimum Gasteiger partial charge on any atom is -0.386 e. The van der Waals surface area contributed by atoms with Crippen molar-refractivity contribution < 1.29 is 36.2 Å². The third kappa shape index (κ3) is 3.52. The minimum absolute atomic E-state index is 0.222. The highest BCUT2D eigenvalue weighted by molar-refractivity contribution is 5.81. The molecule has 112 valence electrons. The van der Waals surface area contributed by atoms with E-state index >= 15 is 0 Å². The van der Waals surface area contributed by atoms with Crippen molar-refractivity contribution in [3.8, 4) is 0 Å². The highest BCUT2D eigenvalue weighted by atomic mass is 19.4. The Morgan fingerprint density at radius 2 is 1.63 bits per heavy atom. The Kier molecular flexibility index (Phi) is 4.09. The molecule has 1 amide bonds. The van der Waals surface area contributed by atoms with Gasteiger partial charge in [0.25, 0.3) is 0 Å². The first-order valence-electron chi connectivity index (χ1n) is 5.55. The van der Waals surface area contributed by atoms with Gasteiger partial charge in [0.05, 0.1) is 18.7 Å². The summed E-state index contributed by atoms with van der Waals surface area (Å²) in [6.45, 7) is 0.710. The predicted molar refractivity (Wildman–Crippen MR) is 52.0 cm³/mol. The molecule has 1 aliphatic rings. The lowest BCUT2D eigenvalue weighted by atomic mass is 9.88. The van der Waals surface area contributed by atoms with Gasteiger partial charge in [0.1, 0.15) is 0 Å². The molecule has 0 aromatic rings.